The fourth-order valence-corrected chi connectivity index (χ4v) is 1.33. The molecular formula is C9H20N2O4S. The van der Waals surface area contributed by atoms with Crippen LogP contribution in [0.3, 0.4) is 0 Å². The summed E-state index contributed by atoms with van der Waals surface area (Å²) in [6.45, 7) is 1.43. The second-order valence-corrected chi connectivity index (χ2v) is 3.40. The Bertz CT molecular complexity index is 164. The van der Waals surface area contributed by atoms with Gasteiger partial charge >= 0.3 is 0 Å². The summed E-state index contributed by atoms with van der Waals surface area (Å²) in [4.78, 5) is 3.51. The summed E-state index contributed by atoms with van der Waals surface area (Å²) in [5, 5.41) is 0.562. The highest BCUT2D eigenvalue weighted by Gasteiger charge is 2.16. The van der Waals surface area contributed by atoms with Gasteiger partial charge in [-0.2, -0.15) is 0 Å². The first-order valence-electron chi connectivity index (χ1n) is 4.70. The van der Waals surface area contributed by atoms with Gasteiger partial charge in [-0.05, 0) is 12.2 Å². The quantitative estimate of drug-likeness (QED) is 0.454. The Morgan fingerprint density at radius 2 is 1.00 bits per heavy atom. The van der Waals surface area contributed by atoms with Crippen LogP contribution in [-0.2, 0) is 18.9 Å². The molecule has 0 radical (unpaired) electrons. The average Bonchev–Trinajstić information content (AvgIpc) is 2.27. The van der Waals surface area contributed by atoms with Crippen molar-refractivity contribution in [2.75, 3.05) is 55.4 Å². The average molecular weight is 252 g/mol. The molecule has 0 saturated carbocycles. The summed E-state index contributed by atoms with van der Waals surface area (Å²) >= 11 is 5.29. The molecular weight excluding hydrogens is 232 g/mol. The number of methoxy groups -OCH3 is 4. The second kappa shape index (κ2) is 9.73. The van der Waals surface area contributed by atoms with Crippen molar-refractivity contribution in [2.24, 2.45) is 0 Å². The van der Waals surface area contributed by atoms with Crippen LogP contribution in [0.1, 0.15) is 0 Å². The first kappa shape index (κ1) is 15.5. The van der Waals surface area contributed by atoms with Gasteiger partial charge in [0.05, 0.1) is 0 Å². The molecule has 0 rings (SSSR count). The predicted molar refractivity (Wildman–Crippen MR) is 63.8 cm³/mol. The van der Waals surface area contributed by atoms with E-state index in [1.54, 1.807) is 38.2 Å². The number of nitrogens with zero attached hydrogens (tertiary/aromatic N) is 2. The lowest BCUT2D eigenvalue weighted by molar-refractivity contribution is -0.00540. The van der Waals surface area contributed by atoms with Crippen molar-refractivity contribution in [1.82, 2.24) is 9.80 Å². The van der Waals surface area contributed by atoms with Crippen molar-refractivity contribution in [3.63, 3.8) is 0 Å². The van der Waals surface area contributed by atoms with Crippen LogP contribution in [0.5, 0.6) is 0 Å². The minimum absolute atomic E-state index is 0.358. The maximum atomic E-state index is 5.29. The van der Waals surface area contributed by atoms with Crippen molar-refractivity contribution in [1.29, 1.82) is 0 Å². The van der Waals surface area contributed by atoms with Gasteiger partial charge < -0.3 is 28.7 Å². The van der Waals surface area contributed by atoms with Crippen molar-refractivity contribution < 1.29 is 18.9 Å². The zero-order valence-electron chi connectivity index (χ0n) is 10.3. The van der Waals surface area contributed by atoms with Gasteiger partial charge in [-0.1, -0.05) is 0 Å². The van der Waals surface area contributed by atoms with Gasteiger partial charge in [0, 0.05) is 28.4 Å². The molecule has 0 heterocycles. The Kier molecular flexibility index (Phi) is 9.45. The Morgan fingerprint density at radius 1 is 0.750 bits per heavy atom. The topological polar surface area (TPSA) is 43.4 Å². The molecule has 0 aromatic rings. The Labute approximate surface area is 102 Å². The molecule has 0 amide bonds. The summed E-state index contributed by atoms with van der Waals surface area (Å²) in [6.07, 6.45) is 0. The second-order valence-electron chi connectivity index (χ2n) is 3.03. The molecule has 7 heteroatoms. The number of ether oxygens (including phenoxy) is 4. The Morgan fingerprint density at radius 3 is 1.19 bits per heavy atom. The van der Waals surface area contributed by atoms with Crippen molar-refractivity contribution >= 4 is 17.3 Å². The molecule has 0 atom stereocenters. The Balaban J connectivity index is 4.38. The van der Waals surface area contributed by atoms with E-state index in [0.29, 0.717) is 32.0 Å². The maximum Gasteiger partial charge on any atom is 0.178 e. The molecule has 0 spiro atoms. The van der Waals surface area contributed by atoms with Crippen LogP contribution in [0, 0.1) is 0 Å². The zero-order valence-corrected chi connectivity index (χ0v) is 11.1. The predicted octanol–water partition coefficient (Wildman–Crippen LogP) is 0.291. The smallest absolute Gasteiger partial charge is 0.178 e. The van der Waals surface area contributed by atoms with E-state index in [2.05, 4.69) is 0 Å². The third kappa shape index (κ3) is 5.57. The molecule has 0 aliphatic rings. The summed E-state index contributed by atoms with van der Waals surface area (Å²) in [6, 6.07) is 0. The normalized spacial score (nSPS) is 10.2. The van der Waals surface area contributed by atoms with Crippen LogP contribution in [0.4, 0.5) is 0 Å². The summed E-state index contributed by atoms with van der Waals surface area (Å²) < 4.78 is 20.1. The van der Waals surface area contributed by atoms with E-state index in [1.807, 2.05) is 0 Å². The van der Waals surface area contributed by atoms with Crippen LogP contribution in [0.25, 0.3) is 0 Å². The van der Waals surface area contributed by atoms with Gasteiger partial charge in [0.15, 0.2) is 5.11 Å². The van der Waals surface area contributed by atoms with E-state index < -0.39 is 0 Å². The van der Waals surface area contributed by atoms with E-state index in [9.17, 15) is 0 Å². The molecule has 0 N–H and O–H groups in total. The highest BCUT2D eigenvalue weighted by Crippen LogP contribution is 2.01. The molecule has 0 bridgehead atoms. The molecule has 0 aliphatic heterocycles. The molecule has 0 unspecified atom stereocenters. The number of hydrogen-bond acceptors (Lipinski definition) is 5. The fourth-order valence-electron chi connectivity index (χ4n) is 1.12. The number of hydrogen-bond donors (Lipinski definition) is 0. The molecule has 96 valence electrons. The van der Waals surface area contributed by atoms with E-state index in [-0.39, 0.29) is 0 Å². The molecule has 0 aromatic carbocycles. The largest absolute Gasteiger partial charge is 0.364 e. The molecule has 0 fully saturated rings. The lowest BCUT2D eigenvalue weighted by Crippen LogP contribution is -2.46. The van der Waals surface area contributed by atoms with Gasteiger partial charge in [0.25, 0.3) is 0 Å². The van der Waals surface area contributed by atoms with Gasteiger partial charge in [-0.15, -0.1) is 0 Å². The molecule has 0 saturated heterocycles. The van der Waals surface area contributed by atoms with Gasteiger partial charge in [0.2, 0.25) is 0 Å². The molecule has 0 aromatic heterocycles. The maximum absolute atomic E-state index is 5.29. The summed E-state index contributed by atoms with van der Waals surface area (Å²) in [5.74, 6) is 0. The van der Waals surface area contributed by atoms with Crippen molar-refractivity contribution in [3.8, 4) is 0 Å². The molecule has 16 heavy (non-hydrogen) atoms. The zero-order chi connectivity index (χ0) is 12.4. The standard InChI is InChI=1S/C9H20N2O4S/c1-12-5-10(6-13-2)9(16)11(7-14-3)8-15-4/h5-8H2,1-4H3. The summed E-state index contributed by atoms with van der Waals surface area (Å²) in [7, 11) is 6.40. The number of thiocarbonyl (C=S) groups is 1. The molecule has 0 aliphatic carbocycles. The van der Waals surface area contributed by atoms with Crippen molar-refractivity contribution in [2.45, 2.75) is 0 Å². The highest BCUT2D eigenvalue weighted by molar-refractivity contribution is 7.80. The lowest BCUT2D eigenvalue weighted by Gasteiger charge is -2.31. The van der Waals surface area contributed by atoms with Crippen molar-refractivity contribution in [3.05, 3.63) is 0 Å². The van der Waals surface area contributed by atoms with E-state index in [1.165, 1.54) is 0 Å². The van der Waals surface area contributed by atoms with Crippen LogP contribution < -0.4 is 0 Å². The van der Waals surface area contributed by atoms with E-state index >= 15 is 0 Å². The van der Waals surface area contributed by atoms with Gasteiger partial charge in [-0.25, -0.2) is 0 Å². The monoisotopic (exact) mass is 252 g/mol. The first-order chi connectivity index (χ1) is 7.71. The minimum Gasteiger partial charge on any atom is -0.364 e. The third-order valence-electron chi connectivity index (χ3n) is 1.68. The molecule has 6 nitrogen and oxygen atoms in total. The highest BCUT2D eigenvalue weighted by atomic mass is 32.1. The van der Waals surface area contributed by atoms with Crippen LogP contribution in [-0.4, -0.2) is 70.3 Å². The van der Waals surface area contributed by atoms with Crippen LogP contribution in [0.2, 0.25) is 0 Å². The minimum atomic E-state index is 0.358. The summed E-state index contributed by atoms with van der Waals surface area (Å²) in [5.41, 5.74) is 0. The lowest BCUT2D eigenvalue weighted by atomic mass is 10.7. The van der Waals surface area contributed by atoms with Gasteiger partial charge in [0.1, 0.15) is 26.9 Å². The van der Waals surface area contributed by atoms with Crippen LogP contribution >= 0.6 is 12.2 Å². The third-order valence-corrected chi connectivity index (χ3v) is 2.20. The fraction of sp³-hybridized carbons (Fsp3) is 0.889. The van der Waals surface area contributed by atoms with Gasteiger partial charge in [-0.3, -0.25) is 0 Å². The van der Waals surface area contributed by atoms with Crippen LogP contribution in [0.15, 0.2) is 0 Å². The first-order valence-corrected chi connectivity index (χ1v) is 5.11. The Hall–Kier alpha value is -0.470. The number of rotatable bonds is 8. The SMILES string of the molecule is COCN(COC)C(=S)N(COC)COC. The van der Waals surface area contributed by atoms with E-state index in [4.69, 9.17) is 31.2 Å². The van der Waals surface area contributed by atoms with E-state index in [0.717, 1.165) is 0 Å².